The molecule has 0 radical (unpaired) electrons. The third kappa shape index (κ3) is 3.70. The first-order chi connectivity index (χ1) is 7.45. The van der Waals surface area contributed by atoms with Crippen molar-refractivity contribution in [3.8, 4) is 5.75 Å². The van der Waals surface area contributed by atoms with Gasteiger partial charge in [0.05, 0.1) is 12.2 Å². The number of rotatable bonds is 4. The van der Waals surface area contributed by atoms with Crippen LogP contribution in [-0.2, 0) is 6.18 Å². The van der Waals surface area contributed by atoms with E-state index in [0.29, 0.717) is 5.33 Å². The van der Waals surface area contributed by atoms with E-state index in [2.05, 4.69) is 15.9 Å². The van der Waals surface area contributed by atoms with E-state index in [-0.39, 0.29) is 18.3 Å². The van der Waals surface area contributed by atoms with Gasteiger partial charge < -0.3 is 4.74 Å². The van der Waals surface area contributed by atoms with Crippen molar-refractivity contribution in [2.75, 3.05) is 11.9 Å². The Bertz CT molecular complexity index is 338. The maximum absolute atomic E-state index is 12.6. The van der Waals surface area contributed by atoms with Crippen LogP contribution >= 0.6 is 15.9 Å². The number of halogens is 4. The molecule has 90 valence electrons. The number of ether oxygens (including phenoxy) is 1. The maximum atomic E-state index is 12.6. The van der Waals surface area contributed by atoms with Crippen LogP contribution in [0, 0.1) is 5.92 Å². The second kappa shape index (κ2) is 5.57. The lowest BCUT2D eigenvalue weighted by Crippen LogP contribution is -2.13. The zero-order chi connectivity index (χ0) is 12.2. The minimum Gasteiger partial charge on any atom is -0.493 e. The highest BCUT2D eigenvalue weighted by Crippen LogP contribution is 2.35. The van der Waals surface area contributed by atoms with Gasteiger partial charge in [0.25, 0.3) is 0 Å². The van der Waals surface area contributed by atoms with E-state index in [9.17, 15) is 13.2 Å². The van der Waals surface area contributed by atoms with Crippen molar-refractivity contribution in [3.63, 3.8) is 0 Å². The van der Waals surface area contributed by atoms with Gasteiger partial charge in [-0.1, -0.05) is 35.0 Å². The molecule has 0 N–H and O–H groups in total. The SMILES string of the molecule is CC(CBr)COc1ccccc1C(F)(F)F. The largest absolute Gasteiger partial charge is 0.493 e. The van der Waals surface area contributed by atoms with Gasteiger partial charge in [-0.05, 0) is 18.1 Å². The van der Waals surface area contributed by atoms with Crippen LogP contribution in [-0.4, -0.2) is 11.9 Å². The quantitative estimate of drug-likeness (QED) is 0.760. The summed E-state index contributed by atoms with van der Waals surface area (Å²) in [6, 6.07) is 5.24. The molecular formula is C11H12BrF3O. The number of hydrogen-bond donors (Lipinski definition) is 0. The highest BCUT2D eigenvalue weighted by Gasteiger charge is 2.33. The minimum absolute atomic E-state index is 0.109. The molecule has 0 amide bonds. The smallest absolute Gasteiger partial charge is 0.419 e. The molecule has 0 saturated heterocycles. The molecule has 1 aromatic carbocycles. The van der Waals surface area contributed by atoms with E-state index in [1.165, 1.54) is 18.2 Å². The molecule has 0 aromatic heterocycles. The summed E-state index contributed by atoms with van der Waals surface area (Å²) >= 11 is 3.24. The average Bonchev–Trinajstić information content (AvgIpc) is 2.25. The molecule has 0 aliphatic carbocycles. The van der Waals surface area contributed by atoms with E-state index >= 15 is 0 Å². The Labute approximate surface area is 101 Å². The van der Waals surface area contributed by atoms with E-state index < -0.39 is 11.7 Å². The predicted octanol–water partition coefficient (Wildman–Crippen LogP) is 4.12. The lowest BCUT2D eigenvalue weighted by atomic mass is 10.2. The monoisotopic (exact) mass is 296 g/mol. The van der Waals surface area contributed by atoms with E-state index in [1.54, 1.807) is 0 Å². The summed E-state index contributed by atoms with van der Waals surface area (Å²) < 4.78 is 42.9. The molecule has 5 heteroatoms. The molecule has 1 atom stereocenters. The number of benzene rings is 1. The van der Waals surface area contributed by atoms with Crippen LogP contribution < -0.4 is 4.74 Å². The summed E-state index contributed by atoms with van der Waals surface area (Å²) in [6.45, 7) is 2.16. The topological polar surface area (TPSA) is 9.23 Å². The van der Waals surface area contributed by atoms with Gasteiger partial charge in [-0.3, -0.25) is 0 Å². The fourth-order valence-electron chi connectivity index (χ4n) is 1.10. The van der Waals surface area contributed by atoms with Gasteiger partial charge in [-0.25, -0.2) is 0 Å². The molecule has 1 rings (SSSR count). The van der Waals surface area contributed by atoms with Gasteiger partial charge in [-0.15, -0.1) is 0 Å². The van der Waals surface area contributed by atoms with Gasteiger partial charge in [0, 0.05) is 5.33 Å². The van der Waals surface area contributed by atoms with Gasteiger partial charge in [0.15, 0.2) is 0 Å². The normalized spacial score (nSPS) is 13.6. The first-order valence-electron chi connectivity index (χ1n) is 4.80. The summed E-state index contributed by atoms with van der Waals surface area (Å²) in [6.07, 6.45) is -4.37. The first-order valence-corrected chi connectivity index (χ1v) is 5.92. The standard InChI is InChI=1S/C11H12BrF3O/c1-8(6-12)7-16-10-5-3-2-4-9(10)11(13,14)15/h2-5,8H,6-7H2,1H3. The van der Waals surface area contributed by atoms with Crippen molar-refractivity contribution in [1.82, 2.24) is 0 Å². The zero-order valence-electron chi connectivity index (χ0n) is 8.72. The van der Waals surface area contributed by atoms with Crippen LogP contribution in [0.3, 0.4) is 0 Å². The summed E-state index contributed by atoms with van der Waals surface area (Å²) in [4.78, 5) is 0. The molecule has 0 heterocycles. The van der Waals surface area contributed by atoms with Crippen LogP contribution in [0.4, 0.5) is 13.2 Å². The molecule has 1 aromatic rings. The molecule has 0 aliphatic heterocycles. The summed E-state index contributed by atoms with van der Waals surface area (Å²) in [7, 11) is 0. The number of hydrogen-bond acceptors (Lipinski definition) is 1. The molecule has 0 aliphatic rings. The zero-order valence-corrected chi connectivity index (χ0v) is 10.3. The van der Waals surface area contributed by atoms with Gasteiger partial charge in [0.2, 0.25) is 0 Å². The van der Waals surface area contributed by atoms with E-state index in [4.69, 9.17) is 4.74 Å². The molecular weight excluding hydrogens is 285 g/mol. The summed E-state index contributed by atoms with van der Waals surface area (Å²) in [5, 5.41) is 0.696. The molecule has 1 unspecified atom stereocenters. The van der Waals surface area contributed by atoms with Crippen LogP contribution in [0.2, 0.25) is 0 Å². The average molecular weight is 297 g/mol. The van der Waals surface area contributed by atoms with Crippen molar-refractivity contribution in [2.24, 2.45) is 5.92 Å². The van der Waals surface area contributed by atoms with Crippen molar-refractivity contribution in [1.29, 1.82) is 0 Å². The lowest BCUT2D eigenvalue weighted by Gasteiger charge is -2.15. The van der Waals surface area contributed by atoms with Crippen molar-refractivity contribution >= 4 is 15.9 Å². The van der Waals surface area contributed by atoms with Crippen molar-refractivity contribution in [2.45, 2.75) is 13.1 Å². The Kier molecular flexibility index (Phi) is 4.65. The van der Waals surface area contributed by atoms with Crippen molar-refractivity contribution in [3.05, 3.63) is 29.8 Å². The van der Waals surface area contributed by atoms with Crippen LogP contribution in [0.5, 0.6) is 5.75 Å². The molecule has 0 saturated carbocycles. The Balaban J connectivity index is 2.80. The fourth-order valence-corrected chi connectivity index (χ4v) is 1.29. The van der Waals surface area contributed by atoms with E-state index in [0.717, 1.165) is 6.07 Å². The Hall–Kier alpha value is -0.710. The predicted molar refractivity (Wildman–Crippen MR) is 59.9 cm³/mol. The summed E-state index contributed by atoms with van der Waals surface area (Å²) in [5.41, 5.74) is -0.725. The lowest BCUT2D eigenvalue weighted by molar-refractivity contribution is -0.139. The Morgan fingerprint density at radius 2 is 1.94 bits per heavy atom. The highest BCUT2D eigenvalue weighted by atomic mass is 79.9. The third-order valence-electron chi connectivity index (χ3n) is 1.98. The highest BCUT2D eigenvalue weighted by molar-refractivity contribution is 9.09. The van der Waals surface area contributed by atoms with Crippen LogP contribution in [0.1, 0.15) is 12.5 Å². The van der Waals surface area contributed by atoms with Crippen molar-refractivity contribution < 1.29 is 17.9 Å². The van der Waals surface area contributed by atoms with Crippen LogP contribution in [0.15, 0.2) is 24.3 Å². The second-order valence-corrected chi connectivity index (χ2v) is 4.21. The fraction of sp³-hybridized carbons (Fsp3) is 0.455. The summed E-state index contributed by atoms with van der Waals surface area (Å²) in [5.74, 6) is 0.0593. The molecule has 16 heavy (non-hydrogen) atoms. The van der Waals surface area contributed by atoms with Gasteiger partial charge >= 0.3 is 6.18 Å². The van der Waals surface area contributed by atoms with Gasteiger partial charge in [0.1, 0.15) is 5.75 Å². The number of para-hydroxylation sites is 1. The van der Waals surface area contributed by atoms with Crippen LogP contribution in [0.25, 0.3) is 0 Å². The van der Waals surface area contributed by atoms with E-state index in [1.807, 2.05) is 6.92 Å². The molecule has 0 fully saturated rings. The van der Waals surface area contributed by atoms with Gasteiger partial charge in [-0.2, -0.15) is 13.2 Å². The minimum atomic E-state index is -4.37. The Morgan fingerprint density at radius 3 is 2.50 bits per heavy atom. The number of alkyl halides is 4. The molecule has 0 bridgehead atoms. The first kappa shape index (κ1) is 13.4. The maximum Gasteiger partial charge on any atom is 0.419 e. The second-order valence-electron chi connectivity index (χ2n) is 3.56. The third-order valence-corrected chi connectivity index (χ3v) is 3.08. The molecule has 0 spiro atoms. The Morgan fingerprint density at radius 1 is 1.31 bits per heavy atom. The molecule has 1 nitrogen and oxygen atoms in total.